The van der Waals surface area contributed by atoms with Crippen LogP contribution in [0.3, 0.4) is 0 Å². The van der Waals surface area contributed by atoms with Gasteiger partial charge in [-0.1, -0.05) is 31.2 Å². The van der Waals surface area contributed by atoms with Gasteiger partial charge in [-0.15, -0.1) is 0 Å². The SMILES string of the molecule is CCc1ccccc1NC(=O)c1c(C)nsc1Cc1ncccc1C. The number of hydrogen-bond donors (Lipinski definition) is 1. The summed E-state index contributed by atoms with van der Waals surface area (Å²) in [6.07, 6.45) is 3.28. The zero-order valence-electron chi connectivity index (χ0n) is 14.7. The Bertz CT molecular complexity index is 901. The van der Waals surface area contributed by atoms with Crippen LogP contribution < -0.4 is 5.32 Å². The largest absolute Gasteiger partial charge is 0.322 e. The van der Waals surface area contributed by atoms with E-state index < -0.39 is 0 Å². The number of pyridine rings is 1. The Morgan fingerprint density at radius 3 is 2.72 bits per heavy atom. The lowest BCUT2D eigenvalue weighted by atomic mass is 10.1. The van der Waals surface area contributed by atoms with E-state index in [1.807, 2.05) is 50.2 Å². The van der Waals surface area contributed by atoms with Gasteiger partial charge < -0.3 is 5.32 Å². The van der Waals surface area contributed by atoms with Gasteiger partial charge in [0, 0.05) is 28.9 Å². The molecule has 0 atom stereocenters. The molecule has 0 bridgehead atoms. The fraction of sp³-hybridized carbons (Fsp3) is 0.250. The minimum atomic E-state index is -0.101. The Hall–Kier alpha value is -2.53. The second kappa shape index (κ2) is 7.57. The first-order chi connectivity index (χ1) is 12.1. The molecular weight excluding hydrogens is 330 g/mol. The van der Waals surface area contributed by atoms with Crippen LogP contribution in [0.25, 0.3) is 0 Å². The third-order valence-electron chi connectivity index (χ3n) is 4.25. The van der Waals surface area contributed by atoms with Crippen molar-refractivity contribution >= 4 is 23.1 Å². The molecule has 25 heavy (non-hydrogen) atoms. The Morgan fingerprint density at radius 2 is 1.96 bits per heavy atom. The van der Waals surface area contributed by atoms with Crippen LogP contribution in [0.2, 0.25) is 0 Å². The van der Waals surface area contributed by atoms with Gasteiger partial charge in [-0.3, -0.25) is 9.78 Å². The summed E-state index contributed by atoms with van der Waals surface area (Å²) >= 11 is 1.38. The Labute approximate surface area is 152 Å². The van der Waals surface area contributed by atoms with Crippen molar-refractivity contribution in [2.45, 2.75) is 33.6 Å². The molecule has 0 radical (unpaired) electrons. The highest BCUT2D eigenvalue weighted by Crippen LogP contribution is 2.24. The molecule has 2 heterocycles. The van der Waals surface area contributed by atoms with Crippen molar-refractivity contribution in [3.63, 3.8) is 0 Å². The second-order valence-electron chi connectivity index (χ2n) is 5.97. The normalized spacial score (nSPS) is 10.7. The maximum atomic E-state index is 12.9. The van der Waals surface area contributed by atoms with Crippen LogP contribution in [0.5, 0.6) is 0 Å². The van der Waals surface area contributed by atoms with Crippen LogP contribution in [0, 0.1) is 13.8 Å². The molecule has 2 aromatic heterocycles. The Kier molecular flexibility index (Phi) is 5.24. The summed E-state index contributed by atoms with van der Waals surface area (Å²) < 4.78 is 4.40. The summed E-state index contributed by atoms with van der Waals surface area (Å²) in [6.45, 7) is 6.00. The number of nitrogens with one attached hydrogen (secondary N) is 1. The van der Waals surface area contributed by atoms with E-state index in [4.69, 9.17) is 0 Å². The fourth-order valence-corrected chi connectivity index (χ4v) is 3.69. The van der Waals surface area contributed by atoms with E-state index in [1.54, 1.807) is 6.20 Å². The van der Waals surface area contributed by atoms with Gasteiger partial charge in [0.2, 0.25) is 0 Å². The Balaban J connectivity index is 1.88. The molecule has 1 N–H and O–H groups in total. The molecule has 1 amide bonds. The standard InChI is InChI=1S/C20H21N3OS/c1-4-15-9-5-6-10-16(15)22-20(24)19-14(3)23-25-18(19)12-17-13(2)8-7-11-21-17/h5-11H,4,12H2,1-3H3,(H,22,24). The summed E-state index contributed by atoms with van der Waals surface area (Å²) in [6, 6.07) is 11.9. The number of aryl methyl sites for hydroxylation is 3. The highest BCUT2D eigenvalue weighted by atomic mass is 32.1. The monoisotopic (exact) mass is 351 g/mol. The zero-order valence-corrected chi connectivity index (χ0v) is 15.5. The maximum Gasteiger partial charge on any atom is 0.258 e. The van der Waals surface area contributed by atoms with Crippen LogP contribution in [0.15, 0.2) is 42.6 Å². The lowest BCUT2D eigenvalue weighted by Crippen LogP contribution is -2.15. The van der Waals surface area contributed by atoms with Crippen molar-refractivity contribution in [2.24, 2.45) is 0 Å². The molecule has 1 aromatic carbocycles. The third-order valence-corrected chi connectivity index (χ3v) is 5.19. The maximum absolute atomic E-state index is 12.9. The number of amides is 1. The van der Waals surface area contributed by atoms with Crippen molar-refractivity contribution in [3.8, 4) is 0 Å². The number of carbonyl (C=O) groups is 1. The van der Waals surface area contributed by atoms with Crippen molar-refractivity contribution < 1.29 is 4.79 Å². The highest BCUT2D eigenvalue weighted by Gasteiger charge is 2.20. The molecule has 128 valence electrons. The molecule has 0 aliphatic carbocycles. The number of rotatable bonds is 5. The van der Waals surface area contributed by atoms with Gasteiger partial charge >= 0.3 is 0 Å². The number of aromatic nitrogens is 2. The van der Waals surface area contributed by atoms with E-state index in [-0.39, 0.29) is 5.91 Å². The van der Waals surface area contributed by atoms with Crippen molar-refractivity contribution in [3.05, 3.63) is 75.6 Å². The fourth-order valence-electron chi connectivity index (χ4n) is 2.82. The first kappa shape index (κ1) is 17.3. The van der Waals surface area contributed by atoms with Gasteiger partial charge in [0.15, 0.2) is 0 Å². The number of benzene rings is 1. The number of nitrogens with zero attached hydrogens (tertiary/aromatic N) is 2. The highest BCUT2D eigenvalue weighted by molar-refractivity contribution is 7.06. The smallest absolute Gasteiger partial charge is 0.258 e. The molecule has 5 heteroatoms. The van der Waals surface area contributed by atoms with E-state index in [2.05, 4.69) is 21.6 Å². The predicted molar refractivity (Wildman–Crippen MR) is 102 cm³/mol. The first-order valence-electron chi connectivity index (χ1n) is 8.35. The van der Waals surface area contributed by atoms with Crippen LogP contribution in [-0.2, 0) is 12.8 Å². The summed E-state index contributed by atoms with van der Waals surface area (Å²) in [7, 11) is 0. The van der Waals surface area contributed by atoms with Gasteiger partial charge in [0.05, 0.1) is 11.3 Å². The van der Waals surface area contributed by atoms with Crippen molar-refractivity contribution in [2.75, 3.05) is 5.32 Å². The van der Waals surface area contributed by atoms with Crippen LogP contribution >= 0.6 is 11.5 Å². The summed E-state index contributed by atoms with van der Waals surface area (Å²) in [5.74, 6) is -0.101. The topological polar surface area (TPSA) is 54.9 Å². The molecule has 3 aromatic rings. The third kappa shape index (κ3) is 3.77. The zero-order chi connectivity index (χ0) is 17.8. The predicted octanol–water partition coefficient (Wildman–Crippen LogP) is 4.56. The van der Waals surface area contributed by atoms with E-state index in [0.29, 0.717) is 12.0 Å². The van der Waals surface area contributed by atoms with Crippen molar-refractivity contribution in [1.29, 1.82) is 0 Å². The molecule has 0 aliphatic heterocycles. The number of anilines is 1. The first-order valence-corrected chi connectivity index (χ1v) is 9.12. The molecule has 4 nitrogen and oxygen atoms in total. The van der Waals surface area contributed by atoms with Crippen LogP contribution in [-0.4, -0.2) is 15.3 Å². The summed E-state index contributed by atoms with van der Waals surface area (Å²) in [5.41, 5.74) is 5.52. The second-order valence-corrected chi connectivity index (χ2v) is 6.83. The van der Waals surface area contributed by atoms with E-state index in [1.165, 1.54) is 11.5 Å². The minimum Gasteiger partial charge on any atom is -0.322 e. The molecule has 0 saturated carbocycles. The summed E-state index contributed by atoms with van der Waals surface area (Å²) in [4.78, 5) is 18.3. The van der Waals surface area contributed by atoms with Crippen LogP contribution in [0.1, 0.15) is 44.7 Å². The average Bonchev–Trinajstić information content (AvgIpc) is 2.98. The minimum absolute atomic E-state index is 0.101. The molecular formula is C20H21N3OS. The van der Waals surface area contributed by atoms with Crippen LogP contribution in [0.4, 0.5) is 5.69 Å². The van der Waals surface area contributed by atoms with Gasteiger partial charge in [-0.25, -0.2) is 0 Å². The van der Waals surface area contributed by atoms with E-state index in [0.717, 1.165) is 39.5 Å². The van der Waals surface area contributed by atoms with Gasteiger partial charge in [-0.05, 0) is 55.1 Å². The number of para-hydroxylation sites is 1. The quantitative estimate of drug-likeness (QED) is 0.733. The summed E-state index contributed by atoms with van der Waals surface area (Å²) in [5, 5.41) is 3.05. The van der Waals surface area contributed by atoms with Gasteiger partial charge in [0.1, 0.15) is 0 Å². The molecule has 0 fully saturated rings. The number of hydrogen-bond acceptors (Lipinski definition) is 4. The lowest BCUT2D eigenvalue weighted by molar-refractivity contribution is 0.102. The lowest BCUT2D eigenvalue weighted by Gasteiger charge is -2.11. The van der Waals surface area contributed by atoms with Gasteiger partial charge in [-0.2, -0.15) is 4.37 Å². The van der Waals surface area contributed by atoms with E-state index in [9.17, 15) is 4.79 Å². The average molecular weight is 351 g/mol. The molecule has 0 spiro atoms. The molecule has 0 unspecified atom stereocenters. The molecule has 0 saturated heterocycles. The van der Waals surface area contributed by atoms with Crippen molar-refractivity contribution in [1.82, 2.24) is 9.36 Å². The van der Waals surface area contributed by atoms with Gasteiger partial charge in [0.25, 0.3) is 5.91 Å². The molecule has 0 aliphatic rings. The Morgan fingerprint density at radius 1 is 1.16 bits per heavy atom. The number of carbonyl (C=O) groups excluding carboxylic acids is 1. The van der Waals surface area contributed by atoms with E-state index >= 15 is 0 Å². The molecule has 3 rings (SSSR count).